The lowest BCUT2D eigenvalue weighted by atomic mass is 9.95. The highest BCUT2D eigenvalue weighted by molar-refractivity contribution is 7.89. The number of fused-ring (bicyclic) bond motifs is 1. The summed E-state index contributed by atoms with van der Waals surface area (Å²) in [6.07, 6.45) is 1.59. The third-order valence-electron chi connectivity index (χ3n) is 8.43. The lowest BCUT2D eigenvalue weighted by molar-refractivity contribution is -0.154. The molecule has 1 fully saturated rings. The number of aliphatic hydroxyl groups excluding tert-OH is 1. The van der Waals surface area contributed by atoms with Crippen molar-refractivity contribution in [1.82, 2.24) is 14.1 Å². The van der Waals surface area contributed by atoms with Gasteiger partial charge in [0.15, 0.2) is 17.3 Å². The summed E-state index contributed by atoms with van der Waals surface area (Å²) in [4.78, 5) is 17.9. The molecule has 1 aromatic heterocycles. The fraction of sp³-hybridized carbons (Fsp3) is 0.424. The zero-order valence-electron chi connectivity index (χ0n) is 26.2. The Kier molecular flexibility index (Phi) is 10.6. The fourth-order valence-electron chi connectivity index (χ4n) is 5.84. The number of thiophene rings is 1. The Balaban J connectivity index is 1.06. The van der Waals surface area contributed by atoms with Gasteiger partial charge in [-0.2, -0.15) is 15.6 Å². The predicted octanol–water partition coefficient (Wildman–Crippen LogP) is 3.24. The van der Waals surface area contributed by atoms with Gasteiger partial charge in [0.05, 0.1) is 25.2 Å². The molecular formula is C33H39N3O9S2. The van der Waals surface area contributed by atoms with Crippen molar-refractivity contribution in [3.05, 3.63) is 82.3 Å². The van der Waals surface area contributed by atoms with Crippen molar-refractivity contribution in [2.45, 2.75) is 30.1 Å². The second kappa shape index (κ2) is 15.0. The number of rotatable bonds is 13. The zero-order chi connectivity index (χ0) is 32.8. The zero-order valence-corrected chi connectivity index (χ0v) is 27.8. The van der Waals surface area contributed by atoms with Crippen molar-refractivity contribution < 1.29 is 42.0 Å². The number of carbonyl (C=O) groups excluding carboxylic acids is 1. The smallest absolute Gasteiger partial charge is 0.288 e. The number of allylic oxidation sites excluding steroid dienone is 1. The number of methoxy groups -OCH3 is 1. The van der Waals surface area contributed by atoms with Crippen LogP contribution in [0.3, 0.4) is 0 Å². The van der Waals surface area contributed by atoms with Crippen LogP contribution in [-0.2, 0) is 30.8 Å². The van der Waals surface area contributed by atoms with Crippen LogP contribution < -0.4 is 14.2 Å². The number of amides is 1. The molecule has 47 heavy (non-hydrogen) atoms. The number of aliphatic hydroxyl groups is 1. The summed E-state index contributed by atoms with van der Waals surface area (Å²) in [6, 6.07) is 14.1. The fourth-order valence-corrected chi connectivity index (χ4v) is 7.98. The number of piperazine rings is 1. The highest BCUT2D eigenvalue weighted by atomic mass is 32.2. The van der Waals surface area contributed by atoms with Gasteiger partial charge >= 0.3 is 0 Å². The molecule has 4 heterocycles. The summed E-state index contributed by atoms with van der Waals surface area (Å²) >= 11 is 1.58. The summed E-state index contributed by atoms with van der Waals surface area (Å²) in [5.74, 6) is 2.01. The van der Waals surface area contributed by atoms with E-state index < -0.39 is 16.3 Å². The monoisotopic (exact) mass is 685 g/mol. The molecule has 3 aliphatic heterocycles. The Morgan fingerprint density at radius 2 is 1.83 bits per heavy atom. The van der Waals surface area contributed by atoms with Crippen LogP contribution in [0.5, 0.6) is 17.2 Å². The van der Waals surface area contributed by atoms with Gasteiger partial charge in [0.2, 0.25) is 23.1 Å². The van der Waals surface area contributed by atoms with Gasteiger partial charge in [0.25, 0.3) is 5.91 Å². The van der Waals surface area contributed by atoms with Gasteiger partial charge in [-0.25, -0.2) is 8.42 Å². The van der Waals surface area contributed by atoms with Crippen molar-refractivity contribution >= 4 is 27.3 Å². The van der Waals surface area contributed by atoms with Crippen LogP contribution in [0.15, 0.2) is 76.0 Å². The third kappa shape index (κ3) is 7.91. The molecule has 2 atom stereocenters. The van der Waals surface area contributed by atoms with E-state index in [1.54, 1.807) is 28.4 Å². The maximum atomic E-state index is 13.7. The molecule has 14 heteroatoms. The van der Waals surface area contributed by atoms with E-state index in [1.807, 2.05) is 41.1 Å². The lowest BCUT2D eigenvalue weighted by Crippen LogP contribution is -2.49. The Labute approximate surface area is 278 Å². The lowest BCUT2D eigenvalue weighted by Gasteiger charge is -2.36. The van der Waals surface area contributed by atoms with E-state index in [2.05, 4.69) is 4.90 Å². The minimum absolute atomic E-state index is 0.00375. The molecule has 0 spiro atoms. The van der Waals surface area contributed by atoms with Gasteiger partial charge in [-0.05, 0) is 70.4 Å². The molecule has 252 valence electrons. The Morgan fingerprint density at radius 1 is 1.04 bits per heavy atom. The summed E-state index contributed by atoms with van der Waals surface area (Å²) in [6.45, 7) is 3.09. The van der Waals surface area contributed by atoms with Gasteiger partial charge in [-0.15, -0.1) is 0 Å². The number of benzene rings is 2. The van der Waals surface area contributed by atoms with Crippen LogP contribution in [0.2, 0.25) is 0 Å². The number of carbonyl (C=O) groups is 1. The summed E-state index contributed by atoms with van der Waals surface area (Å²) in [5.41, 5.74) is 2.19. The SMILES string of the molecule is COc1ccc(S(=O)(=O)N(CCO)CCO[C@@H]2C[C@H](c3ccsc3)C=C(C(=O)N3CCN(Cc4ccc5c(c4)OCO5)CC3)O2)cc1. The van der Waals surface area contributed by atoms with Crippen molar-refractivity contribution in [1.29, 1.82) is 0 Å². The molecule has 0 saturated carbocycles. The average molecular weight is 686 g/mol. The third-order valence-corrected chi connectivity index (χ3v) is 11.0. The Bertz CT molecular complexity index is 1640. The van der Waals surface area contributed by atoms with Crippen LogP contribution in [-0.4, -0.2) is 106 Å². The van der Waals surface area contributed by atoms with E-state index in [1.165, 1.54) is 23.5 Å². The number of sulfonamides is 1. The first-order valence-corrected chi connectivity index (χ1v) is 17.9. The van der Waals surface area contributed by atoms with Crippen LogP contribution in [0.1, 0.15) is 23.5 Å². The molecule has 12 nitrogen and oxygen atoms in total. The number of hydrogen-bond donors (Lipinski definition) is 1. The van der Waals surface area contributed by atoms with Crippen molar-refractivity contribution in [3.8, 4) is 17.2 Å². The molecule has 1 N–H and O–H groups in total. The largest absolute Gasteiger partial charge is 0.497 e. The molecule has 0 radical (unpaired) electrons. The molecule has 3 aliphatic rings. The first kappa shape index (κ1) is 33.2. The first-order chi connectivity index (χ1) is 22.8. The minimum atomic E-state index is -3.89. The second-order valence-electron chi connectivity index (χ2n) is 11.4. The maximum absolute atomic E-state index is 13.7. The standard InChI is InChI=1S/C33H39N3O9S2/c1-41-27-3-5-28(6-4-27)47(39,40)36(13-15-37)14-16-42-32-20-26(25-8-17-46-22-25)19-31(45-32)33(38)35-11-9-34(10-12-35)21-24-2-7-29-30(18-24)44-23-43-29/h2-8,17-19,22,26,32,37H,9-16,20-21,23H2,1H3/t26-,32+/m1/s1. The highest BCUT2D eigenvalue weighted by Crippen LogP contribution is 2.34. The van der Waals surface area contributed by atoms with E-state index in [-0.39, 0.29) is 55.6 Å². The van der Waals surface area contributed by atoms with E-state index in [4.69, 9.17) is 23.7 Å². The van der Waals surface area contributed by atoms with E-state index in [0.29, 0.717) is 38.3 Å². The average Bonchev–Trinajstić information content (AvgIpc) is 3.81. The van der Waals surface area contributed by atoms with Crippen molar-refractivity contribution in [3.63, 3.8) is 0 Å². The minimum Gasteiger partial charge on any atom is -0.497 e. The van der Waals surface area contributed by atoms with Gasteiger partial charge < -0.3 is 33.7 Å². The molecule has 1 amide bonds. The number of hydrogen-bond acceptors (Lipinski definition) is 11. The molecule has 0 aliphatic carbocycles. The number of nitrogens with zero attached hydrogens (tertiary/aromatic N) is 3. The Morgan fingerprint density at radius 3 is 2.55 bits per heavy atom. The van der Waals surface area contributed by atoms with E-state index >= 15 is 0 Å². The molecular weight excluding hydrogens is 647 g/mol. The van der Waals surface area contributed by atoms with Gasteiger partial charge in [-0.1, -0.05) is 6.07 Å². The summed E-state index contributed by atoms with van der Waals surface area (Å²) in [7, 11) is -2.39. The van der Waals surface area contributed by atoms with Crippen LogP contribution in [0, 0.1) is 0 Å². The number of ether oxygens (including phenoxy) is 5. The summed E-state index contributed by atoms with van der Waals surface area (Å²) < 4.78 is 56.1. The normalized spacial score (nSPS) is 19.8. The molecule has 2 aromatic carbocycles. The summed E-state index contributed by atoms with van der Waals surface area (Å²) in [5, 5.41) is 13.6. The van der Waals surface area contributed by atoms with Gasteiger partial charge in [0, 0.05) is 58.2 Å². The molecule has 1 saturated heterocycles. The maximum Gasteiger partial charge on any atom is 0.288 e. The van der Waals surface area contributed by atoms with Crippen molar-refractivity contribution in [2.24, 2.45) is 0 Å². The Hall–Kier alpha value is -3.66. The molecule has 0 bridgehead atoms. The predicted molar refractivity (Wildman–Crippen MR) is 174 cm³/mol. The molecule has 6 rings (SSSR count). The first-order valence-electron chi connectivity index (χ1n) is 15.5. The van der Waals surface area contributed by atoms with E-state index in [9.17, 15) is 18.3 Å². The van der Waals surface area contributed by atoms with Crippen LogP contribution in [0.25, 0.3) is 0 Å². The second-order valence-corrected chi connectivity index (χ2v) is 14.1. The van der Waals surface area contributed by atoms with Crippen LogP contribution >= 0.6 is 11.3 Å². The quantitative estimate of drug-likeness (QED) is 0.287. The molecule has 3 aromatic rings. The van der Waals surface area contributed by atoms with Crippen molar-refractivity contribution in [2.75, 3.05) is 66.4 Å². The highest BCUT2D eigenvalue weighted by Gasteiger charge is 2.33. The van der Waals surface area contributed by atoms with Gasteiger partial charge in [-0.3, -0.25) is 9.69 Å². The molecule has 0 unspecified atom stereocenters. The van der Waals surface area contributed by atoms with Crippen LogP contribution in [0.4, 0.5) is 0 Å². The van der Waals surface area contributed by atoms with E-state index in [0.717, 1.165) is 29.2 Å². The van der Waals surface area contributed by atoms with Gasteiger partial charge in [0.1, 0.15) is 5.75 Å². The topological polar surface area (TPSA) is 127 Å².